The van der Waals surface area contributed by atoms with Crippen LogP contribution in [0.2, 0.25) is 0 Å². The summed E-state index contributed by atoms with van der Waals surface area (Å²) in [6.45, 7) is 0. The van der Waals surface area contributed by atoms with E-state index >= 15 is 0 Å². The minimum Gasteiger partial charge on any atom is -0.324 e. The lowest BCUT2D eigenvalue weighted by Gasteiger charge is -2.05. The number of anilines is 2. The summed E-state index contributed by atoms with van der Waals surface area (Å²) in [5.74, 6) is 0.425. The molecule has 0 aliphatic rings. The Balaban J connectivity index is 1.70. The first-order valence-corrected chi connectivity index (χ1v) is 7.07. The first-order chi connectivity index (χ1) is 9.70. The van der Waals surface area contributed by atoms with Gasteiger partial charge in [0.1, 0.15) is 0 Å². The molecule has 1 aromatic heterocycles. The second-order valence-electron chi connectivity index (χ2n) is 4.19. The quantitative estimate of drug-likeness (QED) is 0.594. The second kappa shape index (κ2) is 5.49. The van der Waals surface area contributed by atoms with Crippen LogP contribution in [0.15, 0.2) is 48.5 Å². The molecule has 0 unspecified atom stereocenters. The lowest BCUT2D eigenvalue weighted by molar-refractivity contribution is 0.262. The summed E-state index contributed by atoms with van der Waals surface area (Å²) < 4.78 is 1.12. The van der Waals surface area contributed by atoms with E-state index in [0.29, 0.717) is 5.95 Å². The molecule has 0 aliphatic carbocycles. The Kier molecular flexibility index (Phi) is 3.55. The number of carbonyl (C=O) groups excluding carboxylic acids is 1. The van der Waals surface area contributed by atoms with Crippen molar-refractivity contribution >= 4 is 51.3 Å². The number of benzene rings is 2. The van der Waals surface area contributed by atoms with Crippen LogP contribution in [0.4, 0.5) is 16.4 Å². The van der Waals surface area contributed by atoms with Crippen molar-refractivity contribution in [2.75, 3.05) is 10.6 Å². The fourth-order valence-electron chi connectivity index (χ4n) is 1.82. The highest BCUT2D eigenvalue weighted by molar-refractivity contribution is 14.1. The predicted octanol–water partition coefficient (Wildman–Crippen LogP) is 3.81. The Labute approximate surface area is 128 Å². The third-order valence-electron chi connectivity index (χ3n) is 2.72. The van der Waals surface area contributed by atoms with Crippen LogP contribution in [-0.4, -0.2) is 16.0 Å². The van der Waals surface area contributed by atoms with Gasteiger partial charge in [-0.15, -0.1) is 0 Å². The van der Waals surface area contributed by atoms with E-state index in [0.717, 1.165) is 20.3 Å². The van der Waals surface area contributed by atoms with Gasteiger partial charge in [-0.05, 0) is 59.0 Å². The van der Waals surface area contributed by atoms with Crippen LogP contribution >= 0.6 is 22.6 Å². The Morgan fingerprint density at radius 2 is 1.80 bits per heavy atom. The number of urea groups is 1. The van der Waals surface area contributed by atoms with Crippen LogP contribution in [-0.2, 0) is 0 Å². The number of hydrogen-bond donors (Lipinski definition) is 3. The molecule has 0 bridgehead atoms. The van der Waals surface area contributed by atoms with Crippen molar-refractivity contribution in [3.05, 3.63) is 52.1 Å². The number of nitrogens with zero attached hydrogens (tertiary/aromatic N) is 1. The zero-order valence-electron chi connectivity index (χ0n) is 10.4. The molecule has 0 fully saturated rings. The Bertz CT molecular complexity index is 718. The number of nitrogens with one attached hydrogen (secondary N) is 3. The van der Waals surface area contributed by atoms with Crippen LogP contribution in [0.25, 0.3) is 11.0 Å². The van der Waals surface area contributed by atoms with Gasteiger partial charge < -0.3 is 10.3 Å². The van der Waals surface area contributed by atoms with Crippen LogP contribution in [0.1, 0.15) is 0 Å². The summed E-state index contributed by atoms with van der Waals surface area (Å²) in [7, 11) is 0. The van der Waals surface area contributed by atoms with E-state index in [9.17, 15) is 4.79 Å². The third kappa shape index (κ3) is 2.90. The molecule has 0 aliphatic heterocycles. The monoisotopic (exact) mass is 378 g/mol. The number of H-pyrrole nitrogens is 1. The maximum Gasteiger partial charge on any atom is 0.326 e. The Hall–Kier alpha value is -2.09. The van der Waals surface area contributed by atoms with Crippen molar-refractivity contribution in [3.63, 3.8) is 0 Å². The number of aromatic amines is 1. The van der Waals surface area contributed by atoms with Gasteiger partial charge in [0, 0.05) is 9.26 Å². The lowest BCUT2D eigenvalue weighted by atomic mass is 10.3. The van der Waals surface area contributed by atoms with Gasteiger partial charge in [-0.1, -0.05) is 12.1 Å². The highest BCUT2D eigenvalue weighted by Gasteiger charge is 2.06. The second-order valence-corrected chi connectivity index (χ2v) is 5.43. The van der Waals surface area contributed by atoms with Crippen LogP contribution in [0.5, 0.6) is 0 Å². The number of carbonyl (C=O) groups is 1. The maximum atomic E-state index is 11.9. The molecule has 0 saturated heterocycles. The van der Waals surface area contributed by atoms with E-state index in [1.807, 2.05) is 48.5 Å². The molecule has 0 spiro atoms. The van der Waals surface area contributed by atoms with Gasteiger partial charge in [0.15, 0.2) is 0 Å². The van der Waals surface area contributed by atoms with E-state index in [2.05, 4.69) is 43.2 Å². The van der Waals surface area contributed by atoms with E-state index < -0.39 is 0 Å². The number of imidazole rings is 1. The van der Waals surface area contributed by atoms with Crippen LogP contribution < -0.4 is 10.6 Å². The molecule has 2 amide bonds. The molecule has 100 valence electrons. The number of fused-ring (bicyclic) bond motifs is 1. The molecule has 0 atom stereocenters. The SMILES string of the molecule is O=C(Nc1ccc(I)cc1)Nc1nc2ccccc2[nH]1. The van der Waals surface area contributed by atoms with Gasteiger partial charge in [0.2, 0.25) is 5.95 Å². The van der Waals surface area contributed by atoms with Gasteiger partial charge in [0.05, 0.1) is 11.0 Å². The zero-order valence-corrected chi connectivity index (χ0v) is 12.5. The highest BCUT2D eigenvalue weighted by Crippen LogP contribution is 2.14. The maximum absolute atomic E-state index is 11.9. The minimum atomic E-state index is -0.328. The Morgan fingerprint density at radius 3 is 2.55 bits per heavy atom. The number of hydrogen-bond acceptors (Lipinski definition) is 2. The summed E-state index contributed by atoms with van der Waals surface area (Å²) >= 11 is 2.21. The summed E-state index contributed by atoms with van der Waals surface area (Å²) in [5, 5.41) is 5.42. The number of halogens is 1. The summed E-state index contributed by atoms with van der Waals surface area (Å²) in [4.78, 5) is 19.2. The van der Waals surface area contributed by atoms with Crippen molar-refractivity contribution in [2.45, 2.75) is 0 Å². The average Bonchev–Trinajstić information content (AvgIpc) is 2.83. The predicted molar refractivity (Wildman–Crippen MR) is 87.9 cm³/mol. The van der Waals surface area contributed by atoms with Crippen molar-refractivity contribution in [3.8, 4) is 0 Å². The van der Waals surface area contributed by atoms with Gasteiger partial charge in [-0.2, -0.15) is 0 Å². The standard InChI is InChI=1S/C14H11IN4O/c15-9-5-7-10(8-6-9)16-14(20)19-13-17-11-3-1-2-4-12(11)18-13/h1-8H,(H3,16,17,18,19,20). The molecular weight excluding hydrogens is 367 g/mol. The minimum absolute atomic E-state index is 0.328. The van der Waals surface area contributed by atoms with Gasteiger partial charge >= 0.3 is 6.03 Å². The fraction of sp³-hybridized carbons (Fsp3) is 0. The molecule has 20 heavy (non-hydrogen) atoms. The van der Waals surface area contributed by atoms with Crippen molar-refractivity contribution in [1.82, 2.24) is 9.97 Å². The van der Waals surface area contributed by atoms with Gasteiger partial charge in [-0.3, -0.25) is 5.32 Å². The van der Waals surface area contributed by atoms with E-state index in [1.54, 1.807) is 0 Å². The van der Waals surface area contributed by atoms with Gasteiger partial charge in [-0.25, -0.2) is 9.78 Å². The number of aromatic nitrogens is 2. The van der Waals surface area contributed by atoms with E-state index in [1.165, 1.54) is 0 Å². The lowest BCUT2D eigenvalue weighted by Crippen LogP contribution is -2.20. The van der Waals surface area contributed by atoms with Crippen molar-refractivity contribution in [1.29, 1.82) is 0 Å². The smallest absolute Gasteiger partial charge is 0.324 e. The fourth-order valence-corrected chi connectivity index (χ4v) is 2.17. The number of amides is 2. The molecule has 1 heterocycles. The van der Waals surface area contributed by atoms with Crippen molar-refractivity contribution < 1.29 is 4.79 Å². The summed E-state index contributed by atoms with van der Waals surface area (Å²) in [6, 6.07) is 14.8. The van der Waals surface area contributed by atoms with Crippen LogP contribution in [0.3, 0.4) is 0 Å². The van der Waals surface area contributed by atoms with Gasteiger partial charge in [0.25, 0.3) is 0 Å². The molecule has 0 saturated carbocycles. The van der Waals surface area contributed by atoms with E-state index in [-0.39, 0.29) is 6.03 Å². The number of para-hydroxylation sites is 2. The number of rotatable bonds is 2. The summed E-state index contributed by atoms with van der Waals surface area (Å²) in [6.07, 6.45) is 0. The normalized spacial score (nSPS) is 10.4. The average molecular weight is 378 g/mol. The molecule has 6 heteroatoms. The molecule has 5 nitrogen and oxygen atoms in total. The molecule has 2 aromatic carbocycles. The molecular formula is C14H11IN4O. The van der Waals surface area contributed by atoms with Crippen LogP contribution in [0, 0.1) is 3.57 Å². The molecule has 3 N–H and O–H groups in total. The first kappa shape index (κ1) is 12.9. The highest BCUT2D eigenvalue weighted by atomic mass is 127. The molecule has 3 aromatic rings. The van der Waals surface area contributed by atoms with E-state index in [4.69, 9.17) is 0 Å². The summed E-state index contributed by atoms with van der Waals surface area (Å²) in [5.41, 5.74) is 2.44. The zero-order chi connectivity index (χ0) is 13.9. The Morgan fingerprint density at radius 1 is 1.05 bits per heavy atom. The molecule has 0 radical (unpaired) electrons. The largest absolute Gasteiger partial charge is 0.326 e. The first-order valence-electron chi connectivity index (χ1n) is 5.99. The molecule has 3 rings (SSSR count). The topological polar surface area (TPSA) is 69.8 Å². The third-order valence-corrected chi connectivity index (χ3v) is 3.44. The van der Waals surface area contributed by atoms with Crippen molar-refractivity contribution in [2.24, 2.45) is 0 Å².